The molecular formula is C12H14O. The standard InChI is InChI=1S/C12H14O/c1-8(2)12-10-6-4-3-5-9(10)7-11(12)13/h3-8,12-13H,1-2H3. The molecule has 1 heteroatoms. The van der Waals surface area contributed by atoms with E-state index in [0.29, 0.717) is 11.7 Å². The zero-order chi connectivity index (χ0) is 9.42. The maximum absolute atomic E-state index is 9.74. The van der Waals surface area contributed by atoms with Crippen molar-refractivity contribution in [2.45, 2.75) is 19.8 Å². The highest BCUT2D eigenvalue weighted by atomic mass is 16.3. The Morgan fingerprint density at radius 2 is 1.92 bits per heavy atom. The molecule has 1 aliphatic carbocycles. The molecule has 0 radical (unpaired) electrons. The summed E-state index contributed by atoms with van der Waals surface area (Å²) in [6, 6.07) is 8.18. The van der Waals surface area contributed by atoms with E-state index < -0.39 is 0 Å². The van der Waals surface area contributed by atoms with E-state index in [1.165, 1.54) is 11.1 Å². The van der Waals surface area contributed by atoms with Crippen LogP contribution in [0.25, 0.3) is 6.08 Å². The van der Waals surface area contributed by atoms with Crippen LogP contribution in [0.4, 0.5) is 0 Å². The van der Waals surface area contributed by atoms with E-state index in [4.69, 9.17) is 0 Å². The van der Waals surface area contributed by atoms with Crippen molar-refractivity contribution >= 4 is 6.08 Å². The zero-order valence-electron chi connectivity index (χ0n) is 7.99. The Balaban J connectivity index is 2.49. The third-order valence-corrected chi connectivity index (χ3v) is 2.62. The molecule has 1 aliphatic rings. The molecule has 0 aromatic heterocycles. The van der Waals surface area contributed by atoms with Gasteiger partial charge < -0.3 is 5.11 Å². The molecule has 2 rings (SSSR count). The van der Waals surface area contributed by atoms with Crippen molar-refractivity contribution in [1.29, 1.82) is 0 Å². The number of hydrogen-bond donors (Lipinski definition) is 1. The Morgan fingerprint density at radius 3 is 2.62 bits per heavy atom. The minimum Gasteiger partial charge on any atom is -0.512 e. The molecule has 0 saturated heterocycles. The van der Waals surface area contributed by atoms with E-state index in [2.05, 4.69) is 19.9 Å². The number of hydrogen-bond acceptors (Lipinski definition) is 1. The molecule has 0 saturated carbocycles. The summed E-state index contributed by atoms with van der Waals surface area (Å²) < 4.78 is 0. The summed E-state index contributed by atoms with van der Waals surface area (Å²) in [5.74, 6) is 1.17. The molecule has 1 atom stereocenters. The van der Waals surface area contributed by atoms with Crippen LogP contribution in [0.15, 0.2) is 30.0 Å². The van der Waals surface area contributed by atoms with Gasteiger partial charge in [-0.3, -0.25) is 0 Å². The monoisotopic (exact) mass is 174 g/mol. The third-order valence-electron chi connectivity index (χ3n) is 2.62. The van der Waals surface area contributed by atoms with E-state index in [-0.39, 0.29) is 5.92 Å². The average Bonchev–Trinajstić information content (AvgIpc) is 2.39. The highest BCUT2D eigenvalue weighted by Gasteiger charge is 2.26. The van der Waals surface area contributed by atoms with Gasteiger partial charge in [-0.15, -0.1) is 0 Å². The molecule has 1 nitrogen and oxygen atoms in total. The Morgan fingerprint density at radius 1 is 1.23 bits per heavy atom. The van der Waals surface area contributed by atoms with Crippen molar-refractivity contribution in [2.24, 2.45) is 5.92 Å². The van der Waals surface area contributed by atoms with Crippen LogP contribution in [0, 0.1) is 5.92 Å². The summed E-state index contributed by atoms with van der Waals surface area (Å²) in [7, 11) is 0. The summed E-state index contributed by atoms with van der Waals surface area (Å²) in [5, 5.41) is 9.74. The van der Waals surface area contributed by atoms with Gasteiger partial charge in [0.1, 0.15) is 5.76 Å². The fourth-order valence-corrected chi connectivity index (χ4v) is 2.03. The lowest BCUT2D eigenvalue weighted by Gasteiger charge is -2.16. The van der Waals surface area contributed by atoms with Gasteiger partial charge in [-0.1, -0.05) is 38.1 Å². The average molecular weight is 174 g/mol. The van der Waals surface area contributed by atoms with Crippen LogP contribution in [-0.2, 0) is 0 Å². The van der Waals surface area contributed by atoms with Gasteiger partial charge in [0, 0.05) is 5.92 Å². The van der Waals surface area contributed by atoms with Gasteiger partial charge >= 0.3 is 0 Å². The lowest BCUT2D eigenvalue weighted by molar-refractivity contribution is 0.343. The van der Waals surface area contributed by atoms with Gasteiger partial charge in [0.25, 0.3) is 0 Å². The Hall–Kier alpha value is -1.24. The van der Waals surface area contributed by atoms with Crippen LogP contribution in [-0.4, -0.2) is 5.11 Å². The fourth-order valence-electron chi connectivity index (χ4n) is 2.03. The highest BCUT2D eigenvalue weighted by Crippen LogP contribution is 2.39. The summed E-state index contributed by atoms with van der Waals surface area (Å²) in [4.78, 5) is 0. The number of rotatable bonds is 1. The predicted molar refractivity (Wildman–Crippen MR) is 54.6 cm³/mol. The van der Waals surface area contributed by atoms with Crippen molar-refractivity contribution in [3.8, 4) is 0 Å². The number of aliphatic hydroxyl groups excluding tert-OH is 1. The van der Waals surface area contributed by atoms with E-state index in [9.17, 15) is 5.11 Å². The third kappa shape index (κ3) is 1.24. The molecule has 0 fully saturated rings. The van der Waals surface area contributed by atoms with Gasteiger partial charge in [0.2, 0.25) is 0 Å². The second-order valence-electron chi connectivity index (χ2n) is 3.92. The molecule has 13 heavy (non-hydrogen) atoms. The summed E-state index contributed by atoms with van der Waals surface area (Å²) >= 11 is 0. The number of allylic oxidation sites excluding steroid dienone is 1. The first kappa shape index (κ1) is 8.36. The van der Waals surface area contributed by atoms with Gasteiger partial charge in [-0.25, -0.2) is 0 Å². The second-order valence-corrected chi connectivity index (χ2v) is 3.92. The molecule has 0 heterocycles. The second kappa shape index (κ2) is 2.91. The van der Waals surface area contributed by atoms with Crippen molar-refractivity contribution in [3.63, 3.8) is 0 Å². The van der Waals surface area contributed by atoms with Gasteiger partial charge in [0.15, 0.2) is 0 Å². The van der Waals surface area contributed by atoms with Crippen molar-refractivity contribution in [2.75, 3.05) is 0 Å². The SMILES string of the molecule is CC(C)C1C(O)=Cc2ccccc21. The largest absolute Gasteiger partial charge is 0.512 e. The summed E-state index contributed by atoms with van der Waals surface area (Å²) in [5.41, 5.74) is 2.42. The first-order valence-electron chi connectivity index (χ1n) is 4.69. The lowest BCUT2D eigenvalue weighted by Crippen LogP contribution is -2.06. The van der Waals surface area contributed by atoms with Crippen LogP contribution in [0.1, 0.15) is 30.9 Å². The van der Waals surface area contributed by atoms with E-state index in [0.717, 1.165) is 0 Å². The fraction of sp³-hybridized carbons (Fsp3) is 0.333. The van der Waals surface area contributed by atoms with Gasteiger partial charge in [0.05, 0.1) is 0 Å². The Kier molecular flexibility index (Phi) is 1.87. The quantitative estimate of drug-likeness (QED) is 0.692. The lowest BCUT2D eigenvalue weighted by atomic mass is 9.89. The van der Waals surface area contributed by atoms with E-state index in [1.807, 2.05) is 24.3 Å². The van der Waals surface area contributed by atoms with Gasteiger partial charge in [-0.05, 0) is 23.1 Å². The molecular weight excluding hydrogens is 160 g/mol. The van der Waals surface area contributed by atoms with Crippen molar-refractivity contribution in [3.05, 3.63) is 41.2 Å². The maximum atomic E-state index is 9.74. The maximum Gasteiger partial charge on any atom is 0.101 e. The van der Waals surface area contributed by atoms with Crippen LogP contribution in [0.5, 0.6) is 0 Å². The van der Waals surface area contributed by atoms with Gasteiger partial charge in [-0.2, -0.15) is 0 Å². The summed E-state index contributed by atoms with van der Waals surface area (Å²) in [6.45, 7) is 4.27. The number of fused-ring (bicyclic) bond motifs is 1. The van der Waals surface area contributed by atoms with Crippen molar-refractivity contribution in [1.82, 2.24) is 0 Å². The van der Waals surface area contributed by atoms with Crippen LogP contribution >= 0.6 is 0 Å². The topological polar surface area (TPSA) is 20.2 Å². The normalized spacial score (nSPS) is 20.2. The Bertz CT molecular complexity index is 350. The Labute approximate surface area is 78.7 Å². The minimum atomic E-state index is 0.205. The molecule has 1 unspecified atom stereocenters. The molecule has 1 N–H and O–H groups in total. The molecule has 1 aromatic rings. The number of benzene rings is 1. The summed E-state index contributed by atoms with van der Waals surface area (Å²) in [6.07, 6.45) is 1.88. The first-order chi connectivity index (χ1) is 6.20. The van der Waals surface area contributed by atoms with E-state index >= 15 is 0 Å². The zero-order valence-corrected chi connectivity index (χ0v) is 7.99. The molecule has 0 aliphatic heterocycles. The van der Waals surface area contributed by atoms with Crippen LogP contribution in [0.2, 0.25) is 0 Å². The molecule has 0 amide bonds. The minimum absolute atomic E-state index is 0.205. The predicted octanol–water partition coefficient (Wildman–Crippen LogP) is 3.34. The highest BCUT2D eigenvalue weighted by molar-refractivity contribution is 5.64. The smallest absolute Gasteiger partial charge is 0.101 e. The molecule has 1 aromatic carbocycles. The molecule has 0 spiro atoms. The van der Waals surface area contributed by atoms with Crippen LogP contribution < -0.4 is 0 Å². The van der Waals surface area contributed by atoms with Crippen molar-refractivity contribution < 1.29 is 5.11 Å². The molecule has 68 valence electrons. The van der Waals surface area contributed by atoms with E-state index in [1.54, 1.807) is 0 Å². The first-order valence-corrected chi connectivity index (χ1v) is 4.69. The van der Waals surface area contributed by atoms with Crippen LogP contribution in [0.3, 0.4) is 0 Å². The number of aliphatic hydroxyl groups is 1. The molecule has 0 bridgehead atoms.